The Morgan fingerprint density at radius 2 is 1.85 bits per heavy atom. The fourth-order valence-electron chi connectivity index (χ4n) is 3.30. The Hall–Kier alpha value is -3.09. The Morgan fingerprint density at radius 3 is 2.63 bits per heavy atom. The van der Waals surface area contributed by atoms with Crippen LogP contribution in [0.25, 0.3) is 11.5 Å². The predicted molar refractivity (Wildman–Crippen MR) is 95.0 cm³/mol. The molecule has 1 aliphatic rings. The van der Waals surface area contributed by atoms with E-state index < -0.39 is 5.82 Å². The number of benzene rings is 2. The van der Waals surface area contributed by atoms with Gasteiger partial charge in [0.1, 0.15) is 11.6 Å². The maximum absolute atomic E-state index is 14.1. The number of rotatable bonds is 3. The number of anilines is 1. The van der Waals surface area contributed by atoms with E-state index in [9.17, 15) is 13.6 Å². The van der Waals surface area contributed by atoms with Crippen LogP contribution in [0.2, 0.25) is 0 Å². The summed E-state index contributed by atoms with van der Waals surface area (Å²) in [6.45, 7) is 0.443. The van der Waals surface area contributed by atoms with Gasteiger partial charge in [0.05, 0.1) is 5.69 Å². The molecule has 138 valence electrons. The standard InChI is InChI=1S/C20H17F2N3O2/c21-15-9-7-13(8-10-15)20-23-19(24-27-20)14-4-3-11-25(18(26)12-14)17-6-2-1-5-16(17)22/h1-2,5-10,14H,3-4,11-12H2. The van der Waals surface area contributed by atoms with Crippen LogP contribution >= 0.6 is 0 Å². The number of aromatic nitrogens is 2. The van der Waals surface area contributed by atoms with E-state index in [2.05, 4.69) is 10.1 Å². The minimum Gasteiger partial charge on any atom is -0.334 e. The molecule has 0 spiro atoms. The topological polar surface area (TPSA) is 59.2 Å². The van der Waals surface area contributed by atoms with E-state index >= 15 is 0 Å². The van der Waals surface area contributed by atoms with Gasteiger partial charge in [-0.25, -0.2) is 8.78 Å². The number of nitrogens with zero attached hydrogens (tertiary/aromatic N) is 3. The Morgan fingerprint density at radius 1 is 1.07 bits per heavy atom. The lowest BCUT2D eigenvalue weighted by atomic mass is 10.00. The van der Waals surface area contributed by atoms with E-state index in [1.807, 2.05) is 0 Å². The molecule has 1 unspecified atom stereocenters. The lowest BCUT2D eigenvalue weighted by molar-refractivity contribution is -0.118. The number of carbonyl (C=O) groups excluding carboxylic acids is 1. The molecule has 1 aromatic heterocycles. The van der Waals surface area contributed by atoms with Crippen LogP contribution in [0.5, 0.6) is 0 Å². The SMILES string of the molecule is O=C1CC(c2noc(-c3ccc(F)cc3)n2)CCCN1c1ccccc1F. The van der Waals surface area contributed by atoms with E-state index in [4.69, 9.17) is 4.52 Å². The van der Waals surface area contributed by atoms with Gasteiger partial charge in [0, 0.05) is 24.4 Å². The predicted octanol–water partition coefficient (Wildman–Crippen LogP) is 4.32. The molecule has 1 saturated heterocycles. The van der Waals surface area contributed by atoms with E-state index in [0.29, 0.717) is 36.5 Å². The Balaban J connectivity index is 1.53. The molecule has 1 aliphatic heterocycles. The maximum atomic E-state index is 14.1. The van der Waals surface area contributed by atoms with Crippen molar-refractivity contribution >= 4 is 11.6 Å². The van der Waals surface area contributed by atoms with Gasteiger partial charge in [-0.15, -0.1) is 0 Å². The summed E-state index contributed by atoms with van der Waals surface area (Å²) in [5.74, 6) is -0.405. The zero-order valence-corrected chi connectivity index (χ0v) is 14.4. The average molecular weight is 369 g/mol. The lowest BCUT2D eigenvalue weighted by Crippen LogP contribution is -2.31. The third kappa shape index (κ3) is 3.58. The molecule has 27 heavy (non-hydrogen) atoms. The molecule has 1 amide bonds. The van der Waals surface area contributed by atoms with Gasteiger partial charge in [0.2, 0.25) is 5.91 Å². The van der Waals surface area contributed by atoms with Gasteiger partial charge in [-0.1, -0.05) is 17.3 Å². The number of para-hydroxylation sites is 1. The second-order valence-corrected chi connectivity index (χ2v) is 6.50. The largest absolute Gasteiger partial charge is 0.334 e. The molecule has 0 aliphatic carbocycles. The zero-order chi connectivity index (χ0) is 18.8. The molecule has 1 fully saturated rings. The molecule has 0 N–H and O–H groups in total. The van der Waals surface area contributed by atoms with Crippen LogP contribution in [0.15, 0.2) is 53.1 Å². The first-order chi connectivity index (χ1) is 13.1. The van der Waals surface area contributed by atoms with Crippen LogP contribution in [0.3, 0.4) is 0 Å². The fraction of sp³-hybridized carbons (Fsp3) is 0.250. The van der Waals surface area contributed by atoms with E-state index in [-0.39, 0.29) is 30.0 Å². The third-order valence-electron chi connectivity index (χ3n) is 4.70. The summed E-state index contributed by atoms with van der Waals surface area (Å²) in [6.07, 6.45) is 1.57. The highest BCUT2D eigenvalue weighted by Gasteiger charge is 2.29. The highest BCUT2D eigenvalue weighted by molar-refractivity contribution is 5.94. The van der Waals surface area contributed by atoms with Gasteiger partial charge in [0.15, 0.2) is 5.82 Å². The van der Waals surface area contributed by atoms with Crippen LogP contribution < -0.4 is 4.90 Å². The molecule has 0 saturated carbocycles. The van der Waals surface area contributed by atoms with Crippen LogP contribution in [-0.2, 0) is 4.79 Å². The van der Waals surface area contributed by atoms with Crippen molar-refractivity contribution < 1.29 is 18.1 Å². The zero-order valence-electron chi connectivity index (χ0n) is 14.4. The Labute approximate surface area is 154 Å². The highest BCUT2D eigenvalue weighted by Crippen LogP contribution is 2.31. The fourth-order valence-corrected chi connectivity index (χ4v) is 3.30. The van der Waals surface area contributed by atoms with Gasteiger partial charge in [-0.05, 0) is 49.2 Å². The van der Waals surface area contributed by atoms with Crippen LogP contribution in [0.1, 0.15) is 31.0 Å². The van der Waals surface area contributed by atoms with Crippen molar-refractivity contribution in [2.45, 2.75) is 25.2 Å². The number of halogens is 2. The summed E-state index contributed by atoms with van der Waals surface area (Å²) in [4.78, 5) is 18.6. The van der Waals surface area contributed by atoms with Crippen molar-refractivity contribution in [3.8, 4) is 11.5 Å². The summed E-state index contributed by atoms with van der Waals surface area (Å²) in [6, 6.07) is 12.0. The van der Waals surface area contributed by atoms with Crippen LogP contribution in [-0.4, -0.2) is 22.6 Å². The summed E-state index contributed by atoms with van der Waals surface area (Å²) < 4.78 is 32.4. The molecule has 5 nitrogen and oxygen atoms in total. The summed E-state index contributed by atoms with van der Waals surface area (Å²) in [5, 5.41) is 4.01. The minimum atomic E-state index is -0.414. The molecule has 2 aromatic carbocycles. The van der Waals surface area contributed by atoms with Gasteiger partial charge in [0.25, 0.3) is 5.89 Å². The van der Waals surface area contributed by atoms with Gasteiger partial charge >= 0.3 is 0 Å². The van der Waals surface area contributed by atoms with Crippen molar-refractivity contribution in [2.75, 3.05) is 11.4 Å². The second kappa shape index (κ2) is 7.26. The number of hydrogen-bond donors (Lipinski definition) is 0. The first-order valence-electron chi connectivity index (χ1n) is 8.76. The summed E-state index contributed by atoms with van der Waals surface area (Å²) >= 11 is 0. The number of carbonyl (C=O) groups is 1. The monoisotopic (exact) mass is 369 g/mol. The first-order valence-corrected chi connectivity index (χ1v) is 8.76. The quantitative estimate of drug-likeness (QED) is 0.690. The van der Waals surface area contributed by atoms with Crippen molar-refractivity contribution in [1.29, 1.82) is 0 Å². The molecule has 2 heterocycles. The maximum Gasteiger partial charge on any atom is 0.257 e. The molecule has 1 atom stereocenters. The van der Waals surface area contributed by atoms with Crippen LogP contribution in [0.4, 0.5) is 14.5 Å². The summed E-state index contributed by atoms with van der Waals surface area (Å²) in [5.41, 5.74) is 0.909. The third-order valence-corrected chi connectivity index (χ3v) is 4.70. The van der Waals surface area contributed by atoms with E-state index in [1.54, 1.807) is 30.3 Å². The molecular weight excluding hydrogens is 352 g/mol. The molecule has 7 heteroatoms. The highest BCUT2D eigenvalue weighted by atomic mass is 19.1. The number of amides is 1. The smallest absolute Gasteiger partial charge is 0.257 e. The molecular formula is C20H17F2N3O2. The van der Waals surface area contributed by atoms with E-state index in [0.717, 1.165) is 0 Å². The average Bonchev–Trinajstić information content (AvgIpc) is 3.08. The first kappa shape index (κ1) is 17.3. The molecule has 0 radical (unpaired) electrons. The lowest BCUT2D eigenvalue weighted by Gasteiger charge is -2.21. The van der Waals surface area contributed by atoms with Crippen LogP contribution in [0, 0.1) is 11.6 Å². The van der Waals surface area contributed by atoms with Crippen molar-refractivity contribution in [3.05, 3.63) is 66.0 Å². The van der Waals surface area contributed by atoms with Crippen molar-refractivity contribution in [1.82, 2.24) is 10.1 Å². The Bertz CT molecular complexity index is 956. The van der Waals surface area contributed by atoms with E-state index in [1.165, 1.54) is 23.1 Å². The van der Waals surface area contributed by atoms with Gasteiger partial charge in [-0.2, -0.15) is 4.98 Å². The second-order valence-electron chi connectivity index (χ2n) is 6.50. The molecule has 0 bridgehead atoms. The molecule has 3 aromatic rings. The minimum absolute atomic E-state index is 0.171. The van der Waals surface area contributed by atoms with Gasteiger partial charge in [-0.3, -0.25) is 4.79 Å². The summed E-state index contributed by atoms with van der Waals surface area (Å²) in [7, 11) is 0. The Kier molecular flexibility index (Phi) is 4.66. The van der Waals surface area contributed by atoms with Crippen molar-refractivity contribution in [3.63, 3.8) is 0 Å². The number of hydrogen-bond acceptors (Lipinski definition) is 4. The van der Waals surface area contributed by atoms with Gasteiger partial charge < -0.3 is 9.42 Å². The molecule has 4 rings (SSSR count). The van der Waals surface area contributed by atoms with Crippen molar-refractivity contribution in [2.24, 2.45) is 0 Å². The normalized spacial score (nSPS) is 17.8.